The first kappa shape index (κ1) is 14.9. The van der Waals surface area contributed by atoms with Gasteiger partial charge in [0.2, 0.25) is 0 Å². The highest BCUT2D eigenvalue weighted by Crippen LogP contribution is 2.23. The van der Waals surface area contributed by atoms with E-state index < -0.39 is 0 Å². The summed E-state index contributed by atoms with van der Waals surface area (Å²) in [5.74, 6) is -0.117. The Morgan fingerprint density at radius 1 is 1.42 bits per heavy atom. The number of hydrogen-bond donors (Lipinski definition) is 1. The highest BCUT2D eigenvalue weighted by Gasteiger charge is 2.29. The van der Waals surface area contributed by atoms with Crippen molar-refractivity contribution < 1.29 is 4.39 Å². The van der Waals surface area contributed by atoms with E-state index in [1.807, 2.05) is 6.07 Å². The van der Waals surface area contributed by atoms with Crippen molar-refractivity contribution in [2.45, 2.75) is 33.4 Å². The molecule has 1 saturated heterocycles. The summed E-state index contributed by atoms with van der Waals surface area (Å²) in [6.45, 7) is 10.3. The molecule has 1 unspecified atom stereocenters. The van der Waals surface area contributed by atoms with Crippen molar-refractivity contribution in [3.8, 4) is 0 Å². The monoisotopic (exact) mass is 328 g/mol. The molecule has 19 heavy (non-hydrogen) atoms. The molecule has 1 aliphatic heterocycles. The predicted molar refractivity (Wildman–Crippen MR) is 80.6 cm³/mol. The summed E-state index contributed by atoms with van der Waals surface area (Å²) >= 11 is 3.41. The third kappa shape index (κ3) is 4.01. The second kappa shape index (κ2) is 5.90. The Kier molecular flexibility index (Phi) is 4.64. The molecular formula is C15H22BrFN2. The van der Waals surface area contributed by atoms with Gasteiger partial charge in [-0.25, -0.2) is 4.39 Å². The van der Waals surface area contributed by atoms with Crippen molar-refractivity contribution in [1.82, 2.24) is 10.2 Å². The molecule has 0 aromatic heterocycles. The van der Waals surface area contributed by atoms with Gasteiger partial charge in [0, 0.05) is 42.3 Å². The minimum Gasteiger partial charge on any atom is -0.311 e. The summed E-state index contributed by atoms with van der Waals surface area (Å²) < 4.78 is 14.7. The lowest BCUT2D eigenvalue weighted by molar-refractivity contribution is 0.128. The fourth-order valence-corrected chi connectivity index (χ4v) is 2.85. The average Bonchev–Trinajstić information content (AvgIpc) is 2.33. The van der Waals surface area contributed by atoms with Crippen molar-refractivity contribution >= 4 is 15.9 Å². The molecule has 1 aromatic rings. The molecule has 1 aromatic carbocycles. The molecule has 1 heterocycles. The van der Waals surface area contributed by atoms with Crippen LogP contribution in [0.4, 0.5) is 4.39 Å². The van der Waals surface area contributed by atoms with Gasteiger partial charge in [0.15, 0.2) is 0 Å². The first-order valence-electron chi connectivity index (χ1n) is 6.76. The Labute approximate surface area is 123 Å². The molecule has 1 atom stereocenters. The third-order valence-electron chi connectivity index (χ3n) is 3.71. The molecular weight excluding hydrogens is 307 g/mol. The fourth-order valence-electron chi connectivity index (χ4n) is 2.44. The van der Waals surface area contributed by atoms with Crippen molar-refractivity contribution in [3.05, 3.63) is 34.1 Å². The van der Waals surface area contributed by atoms with Crippen LogP contribution in [0.25, 0.3) is 0 Å². The zero-order valence-corrected chi connectivity index (χ0v) is 13.4. The van der Waals surface area contributed by atoms with Crippen LogP contribution in [0.1, 0.15) is 26.3 Å². The molecule has 106 valence electrons. The van der Waals surface area contributed by atoms with E-state index in [0.717, 1.165) is 29.7 Å². The molecule has 1 fully saturated rings. The Bertz CT molecular complexity index is 442. The van der Waals surface area contributed by atoms with Gasteiger partial charge >= 0.3 is 0 Å². The number of halogens is 2. The summed E-state index contributed by atoms with van der Waals surface area (Å²) in [4.78, 5) is 2.33. The minimum absolute atomic E-state index is 0.117. The first-order valence-corrected chi connectivity index (χ1v) is 7.55. The summed E-state index contributed by atoms with van der Waals surface area (Å²) in [6, 6.07) is 5.61. The number of benzene rings is 1. The van der Waals surface area contributed by atoms with E-state index in [1.54, 1.807) is 6.07 Å². The van der Waals surface area contributed by atoms with E-state index in [1.165, 1.54) is 6.07 Å². The van der Waals surface area contributed by atoms with Crippen molar-refractivity contribution in [3.63, 3.8) is 0 Å². The molecule has 0 bridgehead atoms. The number of nitrogens with one attached hydrogen (secondary N) is 1. The minimum atomic E-state index is -0.117. The molecule has 2 rings (SSSR count). The number of hydrogen-bond acceptors (Lipinski definition) is 2. The normalized spacial score (nSPS) is 21.6. The predicted octanol–water partition coefficient (Wildman–Crippen LogP) is 3.41. The zero-order chi connectivity index (χ0) is 14.0. The molecule has 2 nitrogen and oxygen atoms in total. The number of rotatable bonds is 2. The maximum Gasteiger partial charge on any atom is 0.127 e. The van der Waals surface area contributed by atoms with Crippen LogP contribution in [0.2, 0.25) is 0 Å². The van der Waals surface area contributed by atoms with Crippen molar-refractivity contribution in [2.75, 3.05) is 19.6 Å². The van der Waals surface area contributed by atoms with Crippen LogP contribution in [0.5, 0.6) is 0 Å². The van der Waals surface area contributed by atoms with E-state index in [9.17, 15) is 4.39 Å². The van der Waals surface area contributed by atoms with E-state index in [4.69, 9.17) is 0 Å². The summed E-state index contributed by atoms with van der Waals surface area (Å²) in [6.07, 6.45) is 0. The van der Waals surface area contributed by atoms with Gasteiger partial charge < -0.3 is 5.32 Å². The van der Waals surface area contributed by atoms with Gasteiger partial charge in [-0.1, -0.05) is 36.7 Å². The lowest BCUT2D eigenvalue weighted by Crippen LogP contribution is -2.55. The highest BCUT2D eigenvalue weighted by molar-refractivity contribution is 9.10. The Morgan fingerprint density at radius 3 is 2.84 bits per heavy atom. The summed E-state index contributed by atoms with van der Waals surface area (Å²) in [5, 5.41) is 3.56. The smallest absolute Gasteiger partial charge is 0.127 e. The van der Waals surface area contributed by atoms with Crippen LogP contribution in [0.15, 0.2) is 22.7 Å². The zero-order valence-electron chi connectivity index (χ0n) is 11.8. The molecule has 4 heteroatoms. The van der Waals surface area contributed by atoms with Crippen LogP contribution in [-0.4, -0.2) is 30.6 Å². The van der Waals surface area contributed by atoms with E-state index >= 15 is 0 Å². The molecule has 1 N–H and O–H groups in total. The molecule has 0 spiro atoms. The van der Waals surface area contributed by atoms with E-state index in [-0.39, 0.29) is 11.2 Å². The molecule has 1 aliphatic rings. The van der Waals surface area contributed by atoms with Gasteiger partial charge in [0.1, 0.15) is 5.82 Å². The SMILES string of the molecule is CC(C)(C)C1CN(Cc2cc(Br)ccc2F)CCN1. The molecule has 0 amide bonds. The van der Waals surface area contributed by atoms with Gasteiger partial charge in [0.05, 0.1) is 0 Å². The fraction of sp³-hybridized carbons (Fsp3) is 0.600. The second-order valence-electron chi connectivity index (χ2n) is 6.34. The van der Waals surface area contributed by atoms with Crippen molar-refractivity contribution in [2.24, 2.45) is 5.41 Å². The Morgan fingerprint density at radius 2 is 2.16 bits per heavy atom. The third-order valence-corrected chi connectivity index (χ3v) is 4.20. The van der Waals surface area contributed by atoms with Crippen LogP contribution in [-0.2, 0) is 6.54 Å². The maximum absolute atomic E-state index is 13.8. The van der Waals surface area contributed by atoms with E-state index in [0.29, 0.717) is 12.6 Å². The topological polar surface area (TPSA) is 15.3 Å². The first-order chi connectivity index (χ1) is 8.86. The van der Waals surface area contributed by atoms with Crippen LogP contribution in [0, 0.1) is 11.2 Å². The van der Waals surface area contributed by atoms with Crippen molar-refractivity contribution in [1.29, 1.82) is 0 Å². The van der Waals surface area contributed by atoms with Gasteiger partial charge in [-0.05, 0) is 23.6 Å². The highest BCUT2D eigenvalue weighted by atomic mass is 79.9. The summed E-state index contributed by atoms with van der Waals surface area (Å²) in [7, 11) is 0. The van der Waals surface area contributed by atoms with Gasteiger partial charge in [-0.3, -0.25) is 4.90 Å². The lowest BCUT2D eigenvalue weighted by Gasteiger charge is -2.40. The molecule has 0 aliphatic carbocycles. The van der Waals surface area contributed by atoms with Gasteiger partial charge in [0.25, 0.3) is 0 Å². The van der Waals surface area contributed by atoms with Gasteiger partial charge in [-0.15, -0.1) is 0 Å². The largest absolute Gasteiger partial charge is 0.311 e. The molecule has 0 radical (unpaired) electrons. The van der Waals surface area contributed by atoms with Crippen LogP contribution in [0.3, 0.4) is 0 Å². The van der Waals surface area contributed by atoms with Crippen LogP contribution >= 0.6 is 15.9 Å². The number of nitrogens with zero attached hydrogens (tertiary/aromatic N) is 1. The van der Waals surface area contributed by atoms with Crippen LogP contribution < -0.4 is 5.32 Å². The number of piperazine rings is 1. The summed E-state index contributed by atoms with van der Waals surface area (Å²) in [5.41, 5.74) is 0.998. The average molecular weight is 329 g/mol. The maximum atomic E-state index is 13.8. The Balaban J connectivity index is 2.05. The van der Waals surface area contributed by atoms with E-state index in [2.05, 4.69) is 46.9 Å². The van der Waals surface area contributed by atoms with Gasteiger partial charge in [-0.2, -0.15) is 0 Å². The molecule has 0 saturated carbocycles. The second-order valence-corrected chi connectivity index (χ2v) is 7.26. The lowest BCUT2D eigenvalue weighted by atomic mass is 9.85. The standard InChI is InChI=1S/C15H22BrFN2/c1-15(2,3)14-10-19(7-6-18-14)9-11-8-12(16)4-5-13(11)17/h4-5,8,14,18H,6-7,9-10H2,1-3H3. The quantitative estimate of drug-likeness (QED) is 0.895. The Hall–Kier alpha value is -0.450.